The molecule has 3 heteroatoms. The second kappa shape index (κ2) is 3.35. The quantitative estimate of drug-likeness (QED) is 0.581. The van der Waals surface area contributed by atoms with Crippen molar-refractivity contribution in [2.24, 2.45) is 0 Å². The molecule has 0 bridgehead atoms. The van der Waals surface area contributed by atoms with Crippen molar-refractivity contribution in [2.45, 2.75) is 25.3 Å². The van der Waals surface area contributed by atoms with Gasteiger partial charge >= 0.3 is 0 Å². The van der Waals surface area contributed by atoms with Crippen LogP contribution in [0, 0.1) is 0 Å². The van der Waals surface area contributed by atoms with E-state index in [1.165, 1.54) is 25.8 Å². The zero-order valence-corrected chi connectivity index (χ0v) is 7.38. The third-order valence-corrected chi connectivity index (χ3v) is 2.68. The first-order valence-corrected chi connectivity index (χ1v) is 4.66. The van der Waals surface area contributed by atoms with Crippen LogP contribution in [0.5, 0.6) is 0 Å². The minimum absolute atomic E-state index is 0.616. The molecular formula is C9H16N2O. The standard InChI is InChI=1S/C9H16N2O/c1-8-10-7-11-5-3-2-4-9(11)6-12-8/h9-10H,1-7H2/t9-/m0/s1. The molecule has 2 rings (SSSR count). The van der Waals surface area contributed by atoms with Gasteiger partial charge in [0.1, 0.15) is 6.61 Å². The molecular weight excluding hydrogens is 152 g/mol. The maximum atomic E-state index is 5.43. The highest BCUT2D eigenvalue weighted by molar-refractivity contribution is 4.87. The van der Waals surface area contributed by atoms with E-state index in [2.05, 4.69) is 16.8 Å². The maximum Gasteiger partial charge on any atom is 0.180 e. The Hall–Kier alpha value is -0.700. The number of ether oxygens (including phenoxy) is 1. The molecule has 1 atom stereocenters. The van der Waals surface area contributed by atoms with Crippen LogP contribution < -0.4 is 5.32 Å². The summed E-state index contributed by atoms with van der Waals surface area (Å²) in [5, 5.41) is 3.15. The molecule has 0 aromatic rings. The Balaban J connectivity index is 1.98. The van der Waals surface area contributed by atoms with Crippen molar-refractivity contribution in [1.29, 1.82) is 0 Å². The van der Waals surface area contributed by atoms with Gasteiger partial charge in [0.25, 0.3) is 0 Å². The van der Waals surface area contributed by atoms with Crippen molar-refractivity contribution in [3.63, 3.8) is 0 Å². The fraction of sp³-hybridized carbons (Fsp3) is 0.778. The molecule has 0 amide bonds. The Kier molecular flexibility index (Phi) is 2.21. The highest BCUT2D eigenvalue weighted by Gasteiger charge is 2.24. The lowest BCUT2D eigenvalue weighted by Gasteiger charge is -2.32. The zero-order valence-electron chi connectivity index (χ0n) is 7.38. The van der Waals surface area contributed by atoms with E-state index >= 15 is 0 Å². The molecule has 2 heterocycles. The summed E-state index contributed by atoms with van der Waals surface area (Å²) < 4.78 is 5.43. The first-order valence-electron chi connectivity index (χ1n) is 4.66. The monoisotopic (exact) mass is 168 g/mol. The minimum atomic E-state index is 0.616. The third-order valence-electron chi connectivity index (χ3n) is 2.68. The predicted octanol–water partition coefficient (Wildman–Crippen LogP) is 0.889. The summed E-state index contributed by atoms with van der Waals surface area (Å²) in [6.45, 7) is 6.69. The Morgan fingerprint density at radius 1 is 1.50 bits per heavy atom. The number of nitrogens with one attached hydrogen (secondary N) is 1. The lowest BCUT2D eigenvalue weighted by molar-refractivity contribution is 0.102. The van der Waals surface area contributed by atoms with Gasteiger partial charge in [0, 0.05) is 12.6 Å². The van der Waals surface area contributed by atoms with Gasteiger partial charge in [-0.1, -0.05) is 6.42 Å². The van der Waals surface area contributed by atoms with Gasteiger partial charge in [-0.2, -0.15) is 0 Å². The van der Waals surface area contributed by atoms with Gasteiger partial charge < -0.3 is 10.1 Å². The van der Waals surface area contributed by atoms with Crippen LogP contribution in [0.15, 0.2) is 12.5 Å². The van der Waals surface area contributed by atoms with Gasteiger partial charge in [0.2, 0.25) is 0 Å². The predicted molar refractivity (Wildman–Crippen MR) is 47.4 cm³/mol. The van der Waals surface area contributed by atoms with Gasteiger partial charge in [-0.05, 0) is 19.4 Å². The van der Waals surface area contributed by atoms with Crippen LogP contribution in [0.4, 0.5) is 0 Å². The molecule has 0 saturated carbocycles. The van der Waals surface area contributed by atoms with E-state index in [0.29, 0.717) is 6.04 Å². The SMILES string of the molecule is C=C1NCN2CCCC[C@H]2CO1. The van der Waals surface area contributed by atoms with E-state index in [9.17, 15) is 0 Å². The van der Waals surface area contributed by atoms with E-state index in [-0.39, 0.29) is 0 Å². The van der Waals surface area contributed by atoms with Crippen LogP contribution in [0.2, 0.25) is 0 Å². The summed E-state index contributed by atoms with van der Waals surface area (Å²) in [6, 6.07) is 0.616. The number of nitrogens with zero attached hydrogens (tertiary/aromatic N) is 1. The highest BCUT2D eigenvalue weighted by atomic mass is 16.5. The van der Waals surface area contributed by atoms with E-state index in [0.717, 1.165) is 19.2 Å². The third kappa shape index (κ3) is 1.55. The average Bonchev–Trinajstić information content (AvgIpc) is 2.29. The molecule has 1 N–H and O–H groups in total. The zero-order chi connectivity index (χ0) is 8.39. The highest BCUT2D eigenvalue weighted by Crippen LogP contribution is 2.18. The number of fused-ring (bicyclic) bond motifs is 1. The van der Waals surface area contributed by atoms with E-state index < -0.39 is 0 Å². The second-order valence-electron chi connectivity index (χ2n) is 3.53. The van der Waals surface area contributed by atoms with Gasteiger partial charge in [-0.15, -0.1) is 0 Å². The molecule has 0 spiro atoms. The molecule has 2 saturated heterocycles. The van der Waals surface area contributed by atoms with Gasteiger partial charge in [0.15, 0.2) is 5.88 Å². The molecule has 2 aliphatic rings. The summed E-state index contributed by atoms with van der Waals surface area (Å²) in [5.41, 5.74) is 0. The van der Waals surface area contributed by atoms with E-state index in [4.69, 9.17) is 4.74 Å². The topological polar surface area (TPSA) is 24.5 Å². The second-order valence-corrected chi connectivity index (χ2v) is 3.53. The number of hydrogen-bond acceptors (Lipinski definition) is 3. The maximum absolute atomic E-state index is 5.43. The van der Waals surface area contributed by atoms with Crippen molar-refractivity contribution in [3.05, 3.63) is 12.5 Å². The fourth-order valence-electron chi connectivity index (χ4n) is 1.89. The molecule has 2 fully saturated rings. The Bertz CT molecular complexity index is 163. The Morgan fingerprint density at radius 3 is 3.33 bits per heavy atom. The van der Waals surface area contributed by atoms with Crippen LogP contribution in [-0.4, -0.2) is 30.8 Å². The molecule has 68 valence electrons. The summed E-state index contributed by atoms with van der Waals surface area (Å²) >= 11 is 0. The normalized spacial score (nSPS) is 31.3. The van der Waals surface area contributed by atoms with Crippen molar-refractivity contribution >= 4 is 0 Å². The summed E-state index contributed by atoms with van der Waals surface area (Å²) in [7, 11) is 0. The van der Waals surface area contributed by atoms with Crippen LogP contribution in [0.1, 0.15) is 19.3 Å². The molecule has 0 aromatic heterocycles. The first kappa shape index (κ1) is 7.92. The van der Waals surface area contributed by atoms with Crippen LogP contribution >= 0.6 is 0 Å². The summed E-state index contributed by atoms with van der Waals surface area (Å²) in [4.78, 5) is 2.45. The summed E-state index contributed by atoms with van der Waals surface area (Å²) in [6.07, 6.45) is 3.94. The van der Waals surface area contributed by atoms with Gasteiger partial charge in [-0.3, -0.25) is 4.90 Å². The molecule has 3 nitrogen and oxygen atoms in total. The molecule has 0 aliphatic carbocycles. The summed E-state index contributed by atoms with van der Waals surface area (Å²) in [5.74, 6) is 0.726. The number of piperidine rings is 1. The largest absolute Gasteiger partial charge is 0.478 e. The van der Waals surface area contributed by atoms with Crippen molar-refractivity contribution in [1.82, 2.24) is 10.2 Å². The van der Waals surface area contributed by atoms with Crippen LogP contribution in [0.25, 0.3) is 0 Å². The molecule has 0 unspecified atom stereocenters. The lowest BCUT2D eigenvalue weighted by Crippen LogP contribution is -2.43. The average molecular weight is 168 g/mol. The minimum Gasteiger partial charge on any atom is -0.478 e. The fourth-order valence-corrected chi connectivity index (χ4v) is 1.89. The van der Waals surface area contributed by atoms with E-state index in [1.54, 1.807) is 0 Å². The van der Waals surface area contributed by atoms with Gasteiger partial charge in [-0.25, -0.2) is 0 Å². The molecule has 0 radical (unpaired) electrons. The van der Waals surface area contributed by atoms with Crippen molar-refractivity contribution < 1.29 is 4.74 Å². The van der Waals surface area contributed by atoms with Crippen molar-refractivity contribution in [3.8, 4) is 0 Å². The number of rotatable bonds is 0. The number of hydrogen-bond donors (Lipinski definition) is 1. The molecule has 12 heavy (non-hydrogen) atoms. The lowest BCUT2D eigenvalue weighted by atomic mass is 10.0. The van der Waals surface area contributed by atoms with E-state index in [1.807, 2.05) is 0 Å². The van der Waals surface area contributed by atoms with Gasteiger partial charge in [0.05, 0.1) is 6.67 Å². The Morgan fingerprint density at radius 2 is 2.42 bits per heavy atom. The van der Waals surface area contributed by atoms with Crippen molar-refractivity contribution in [2.75, 3.05) is 19.8 Å². The van der Waals surface area contributed by atoms with Crippen LogP contribution in [0.3, 0.4) is 0 Å². The molecule has 0 aromatic carbocycles. The molecule has 2 aliphatic heterocycles. The smallest absolute Gasteiger partial charge is 0.180 e. The first-order chi connectivity index (χ1) is 5.86. The van der Waals surface area contributed by atoms with Crippen LogP contribution in [-0.2, 0) is 4.74 Å². The Labute approximate surface area is 73.4 Å².